The normalized spacial score (nSPS) is 17.9. The van der Waals surface area contributed by atoms with Crippen LogP contribution in [-0.4, -0.2) is 72.3 Å². The van der Waals surface area contributed by atoms with Crippen molar-refractivity contribution in [1.82, 2.24) is 14.8 Å². The molecule has 2 aliphatic heterocycles. The number of piperazine rings is 1. The van der Waals surface area contributed by atoms with Crippen LogP contribution < -0.4 is 4.90 Å². The Morgan fingerprint density at radius 1 is 1.00 bits per heavy atom. The Morgan fingerprint density at radius 2 is 1.71 bits per heavy atom. The van der Waals surface area contributed by atoms with E-state index in [0.717, 1.165) is 62.8 Å². The summed E-state index contributed by atoms with van der Waals surface area (Å²) in [7, 11) is 0. The van der Waals surface area contributed by atoms with E-state index in [9.17, 15) is 9.59 Å². The summed E-state index contributed by atoms with van der Waals surface area (Å²) in [6.45, 7) is 5.26. The summed E-state index contributed by atoms with van der Waals surface area (Å²) in [5, 5.41) is 0.759. The lowest BCUT2D eigenvalue weighted by Crippen LogP contribution is -2.48. The second kappa shape index (κ2) is 8.37. The lowest BCUT2D eigenvalue weighted by atomic mass is 10.1. The van der Waals surface area contributed by atoms with Gasteiger partial charge in [0.1, 0.15) is 5.69 Å². The number of hydrogen-bond donors (Lipinski definition) is 1. The zero-order valence-electron chi connectivity index (χ0n) is 15.9. The zero-order valence-corrected chi connectivity index (χ0v) is 16.6. The SMILES string of the molecule is O=C(CN1CCN(c2ccccc2Cl)CC1)c1c[nH]c(C(=O)N2CCCC2)c1. The standard InChI is InChI=1S/C21H25ClN4O2/c22-17-5-1-2-6-19(17)25-11-9-24(10-12-25)15-20(27)16-13-18(23-14-16)21(28)26-7-3-4-8-26/h1-2,5-6,13-14,23H,3-4,7-12,15H2. The number of H-pyrrole nitrogens is 1. The number of aromatic nitrogens is 1. The Morgan fingerprint density at radius 3 is 2.43 bits per heavy atom. The van der Waals surface area contributed by atoms with Gasteiger partial charge in [0.05, 0.1) is 17.3 Å². The topological polar surface area (TPSA) is 59.7 Å². The van der Waals surface area contributed by atoms with E-state index in [2.05, 4.69) is 14.8 Å². The van der Waals surface area contributed by atoms with Gasteiger partial charge in [0.2, 0.25) is 0 Å². The molecular weight excluding hydrogens is 376 g/mol. The van der Waals surface area contributed by atoms with E-state index in [0.29, 0.717) is 17.8 Å². The lowest BCUT2D eigenvalue weighted by Gasteiger charge is -2.36. The van der Waals surface area contributed by atoms with Crippen molar-refractivity contribution < 1.29 is 9.59 Å². The summed E-state index contributed by atoms with van der Waals surface area (Å²) in [5.74, 6) is 0.0350. The van der Waals surface area contributed by atoms with Gasteiger partial charge < -0.3 is 14.8 Å². The Hall–Kier alpha value is -2.31. The predicted octanol–water partition coefficient (Wildman–Crippen LogP) is 2.91. The summed E-state index contributed by atoms with van der Waals surface area (Å²) in [5.41, 5.74) is 2.13. The van der Waals surface area contributed by atoms with Gasteiger partial charge in [0, 0.05) is 51.0 Å². The third-order valence-electron chi connectivity index (χ3n) is 5.56. The number of anilines is 1. The Bertz CT molecular complexity index is 852. The Labute approximate surface area is 170 Å². The fraction of sp³-hybridized carbons (Fsp3) is 0.429. The first-order chi connectivity index (χ1) is 13.6. The molecule has 7 heteroatoms. The molecule has 0 spiro atoms. The second-order valence-corrected chi connectivity index (χ2v) is 7.85. The molecule has 1 aromatic carbocycles. The number of nitrogens with zero attached hydrogens (tertiary/aromatic N) is 3. The fourth-order valence-electron chi connectivity index (χ4n) is 3.92. The smallest absolute Gasteiger partial charge is 0.270 e. The molecule has 1 aromatic heterocycles. The number of amides is 1. The van der Waals surface area contributed by atoms with Crippen molar-refractivity contribution in [2.45, 2.75) is 12.8 Å². The fourth-order valence-corrected chi connectivity index (χ4v) is 4.17. The zero-order chi connectivity index (χ0) is 19.5. The highest BCUT2D eigenvalue weighted by Gasteiger charge is 2.24. The first kappa shape index (κ1) is 19.0. The van der Waals surface area contributed by atoms with Crippen LogP contribution >= 0.6 is 11.6 Å². The number of nitrogens with one attached hydrogen (secondary N) is 1. The van der Waals surface area contributed by atoms with Crippen LogP contribution in [0.25, 0.3) is 0 Å². The van der Waals surface area contributed by atoms with Gasteiger partial charge in [0.25, 0.3) is 5.91 Å². The van der Waals surface area contributed by atoms with Gasteiger partial charge in [-0.05, 0) is 31.0 Å². The molecule has 0 bridgehead atoms. The van der Waals surface area contributed by atoms with Gasteiger partial charge in [-0.1, -0.05) is 23.7 Å². The number of para-hydroxylation sites is 1. The number of benzene rings is 1. The van der Waals surface area contributed by atoms with Crippen molar-refractivity contribution in [3.05, 3.63) is 52.8 Å². The number of ketones is 1. The van der Waals surface area contributed by atoms with E-state index >= 15 is 0 Å². The van der Waals surface area contributed by atoms with Crippen LogP contribution in [0.4, 0.5) is 5.69 Å². The van der Waals surface area contributed by atoms with Crippen LogP contribution in [-0.2, 0) is 0 Å². The van der Waals surface area contributed by atoms with Crippen molar-refractivity contribution >= 4 is 29.0 Å². The molecule has 148 valence electrons. The molecule has 3 heterocycles. The van der Waals surface area contributed by atoms with Crippen LogP contribution in [0.3, 0.4) is 0 Å². The number of rotatable bonds is 5. The van der Waals surface area contributed by atoms with Crippen molar-refractivity contribution in [3.63, 3.8) is 0 Å². The molecule has 6 nitrogen and oxygen atoms in total. The van der Waals surface area contributed by atoms with Gasteiger partial charge in [-0.15, -0.1) is 0 Å². The quantitative estimate of drug-likeness (QED) is 0.784. The molecular formula is C21H25ClN4O2. The van der Waals surface area contributed by atoms with Gasteiger partial charge in [-0.3, -0.25) is 14.5 Å². The van der Waals surface area contributed by atoms with Crippen molar-refractivity contribution in [1.29, 1.82) is 0 Å². The third-order valence-corrected chi connectivity index (χ3v) is 5.88. The maximum Gasteiger partial charge on any atom is 0.270 e. The average molecular weight is 401 g/mol. The van der Waals surface area contributed by atoms with Crippen LogP contribution in [0, 0.1) is 0 Å². The molecule has 0 radical (unpaired) electrons. The van der Waals surface area contributed by atoms with Crippen LogP contribution in [0.2, 0.25) is 5.02 Å². The highest BCUT2D eigenvalue weighted by atomic mass is 35.5. The average Bonchev–Trinajstić information content (AvgIpc) is 3.41. The number of likely N-dealkylation sites (tertiary alicyclic amines) is 1. The van der Waals surface area contributed by atoms with Crippen molar-refractivity contribution in [2.75, 3.05) is 50.7 Å². The molecule has 2 aliphatic rings. The first-order valence-corrected chi connectivity index (χ1v) is 10.2. The van der Waals surface area contributed by atoms with Gasteiger partial charge in [-0.2, -0.15) is 0 Å². The molecule has 1 amide bonds. The molecule has 28 heavy (non-hydrogen) atoms. The molecule has 2 fully saturated rings. The number of hydrogen-bond acceptors (Lipinski definition) is 4. The summed E-state index contributed by atoms with van der Waals surface area (Å²) in [6, 6.07) is 9.55. The highest BCUT2D eigenvalue weighted by molar-refractivity contribution is 6.33. The number of carbonyl (C=O) groups is 2. The summed E-state index contributed by atoms with van der Waals surface area (Å²) in [4.78, 5) is 34.3. The molecule has 2 saturated heterocycles. The minimum absolute atomic E-state index is 0.00935. The Balaban J connectivity index is 1.31. The first-order valence-electron chi connectivity index (χ1n) is 9.84. The van der Waals surface area contributed by atoms with Crippen molar-refractivity contribution in [2.24, 2.45) is 0 Å². The molecule has 2 aromatic rings. The summed E-state index contributed by atoms with van der Waals surface area (Å²) in [6.07, 6.45) is 3.77. The minimum Gasteiger partial charge on any atom is -0.368 e. The molecule has 0 unspecified atom stereocenters. The maximum absolute atomic E-state index is 12.7. The number of Topliss-reactive ketones (excluding diaryl/α,β-unsaturated/α-hetero) is 1. The van der Waals surface area contributed by atoms with Gasteiger partial charge in [-0.25, -0.2) is 0 Å². The molecule has 0 aliphatic carbocycles. The van der Waals surface area contributed by atoms with E-state index in [1.165, 1.54) is 0 Å². The van der Waals surface area contributed by atoms with E-state index in [1.54, 1.807) is 12.3 Å². The van der Waals surface area contributed by atoms with E-state index in [4.69, 9.17) is 11.6 Å². The van der Waals surface area contributed by atoms with Crippen LogP contribution in [0.1, 0.15) is 33.7 Å². The maximum atomic E-state index is 12.7. The van der Waals surface area contributed by atoms with Gasteiger partial charge >= 0.3 is 0 Å². The highest BCUT2D eigenvalue weighted by Crippen LogP contribution is 2.26. The number of aromatic amines is 1. The number of halogens is 1. The monoisotopic (exact) mass is 400 g/mol. The van der Waals surface area contributed by atoms with Crippen LogP contribution in [0.5, 0.6) is 0 Å². The molecule has 0 saturated carbocycles. The third kappa shape index (κ3) is 4.08. The molecule has 4 rings (SSSR count). The molecule has 0 atom stereocenters. The van der Waals surface area contributed by atoms with E-state index < -0.39 is 0 Å². The van der Waals surface area contributed by atoms with E-state index in [1.807, 2.05) is 29.2 Å². The minimum atomic E-state index is -0.00935. The summed E-state index contributed by atoms with van der Waals surface area (Å²) >= 11 is 6.29. The van der Waals surface area contributed by atoms with Crippen LogP contribution in [0.15, 0.2) is 36.5 Å². The second-order valence-electron chi connectivity index (χ2n) is 7.44. The number of carbonyl (C=O) groups excluding carboxylic acids is 2. The van der Waals surface area contributed by atoms with Gasteiger partial charge in [0.15, 0.2) is 5.78 Å². The van der Waals surface area contributed by atoms with E-state index in [-0.39, 0.29) is 11.7 Å². The lowest BCUT2D eigenvalue weighted by molar-refractivity contribution is 0.0787. The van der Waals surface area contributed by atoms with Crippen molar-refractivity contribution in [3.8, 4) is 0 Å². The summed E-state index contributed by atoms with van der Waals surface area (Å²) < 4.78 is 0. The predicted molar refractivity (Wildman–Crippen MR) is 110 cm³/mol. The molecule has 1 N–H and O–H groups in total. The Kier molecular flexibility index (Phi) is 5.69. The largest absolute Gasteiger partial charge is 0.368 e.